The molecule has 0 spiro atoms. The van der Waals surface area contributed by atoms with Crippen LogP contribution in [0.2, 0.25) is 0 Å². The van der Waals surface area contributed by atoms with Gasteiger partial charge in [0.05, 0.1) is 6.07 Å². The molecule has 0 rings (SSSR count). The predicted molar refractivity (Wildman–Crippen MR) is 61.9 cm³/mol. The van der Waals surface area contributed by atoms with Gasteiger partial charge in [0.25, 0.3) is 0 Å². The normalized spacial score (nSPS) is 17.1. The Labute approximate surface area is 89.5 Å². The molecular formula is C13H25N. The standard InChI is InChI=1S/C13H25N/c1-5-8-12(7-3)13(10-14)9-11(4)6-2/h11-13H,5-9H2,1-4H3. The molecule has 0 aliphatic rings. The monoisotopic (exact) mass is 195 g/mol. The van der Waals surface area contributed by atoms with Crippen LogP contribution in [0.1, 0.15) is 59.8 Å². The summed E-state index contributed by atoms with van der Waals surface area (Å²) < 4.78 is 0. The lowest BCUT2D eigenvalue weighted by Crippen LogP contribution is -2.15. The van der Waals surface area contributed by atoms with Crippen LogP contribution in [0.5, 0.6) is 0 Å². The highest BCUT2D eigenvalue weighted by molar-refractivity contribution is 4.88. The molecule has 0 aliphatic heterocycles. The van der Waals surface area contributed by atoms with Crippen molar-refractivity contribution < 1.29 is 0 Å². The van der Waals surface area contributed by atoms with Gasteiger partial charge in [-0.05, 0) is 24.7 Å². The van der Waals surface area contributed by atoms with E-state index in [4.69, 9.17) is 5.26 Å². The Balaban J connectivity index is 4.15. The summed E-state index contributed by atoms with van der Waals surface area (Å²) in [5.41, 5.74) is 0. The predicted octanol–water partition coefficient (Wildman–Crippen LogP) is 4.39. The van der Waals surface area contributed by atoms with Gasteiger partial charge in [-0.25, -0.2) is 0 Å². The maximum atomic E-state index is 9.15. The van der Waals surface area contributed by atoms with Crippen molar-refractivity contribution in [3.8, 4) is 6.07 Å². The SMILES string of the molecule is CCCC(CC)C(C#N)CC(C)CC. The van der Waals surface area contributed by atoms with Crippen LogP contribution in [0.4, 0.5) is 0 Å². The Kier molecular flexibility index (Phi) is 7.57. The largest absolute Gasteiger partial charge is 0.198 e. The van der Waals surface area contributed by atoms with Gasteiger partial charge in [0.15, 0.2) is 0 Å². The molecule has 0 aromatic carbocycles. The molecule has 0 aliphatic carbocycles. The van der Waals surface area contributed by atoms with Crippen LogP contribution in [0.15, 0.2) is 0 Å². The molecule has 0 heterocycles. The van der Waals surface area contributed by atoms with Crippen molar-refractivity contribution in [3.05, 3.63) is 0 Å². The first-order valence-corrected chi connectivity index (χ1v) is 6.09. The van der Waals surface area contributed by atoms with E-state index in [0.29, 0.717) is 11.8 Å². The van der Waals surface area contributed by atoms with E-state index in [1.54, 1.807) is 0 Å². The van der Waals surface area contributed by atoms with Gasteiger partial charge >= 0.3 is 0 Å². The molecule has 82 valence electrons. The molecule has 0 radical (unpaired) electrons. The quantitative estimate of drug-likeness (QED) is 0.591. The van der Waals surface area contributed by atoms with Crippen molar-refractivity contribution in [1.29, 1.82) is 5.26 Å². The summed E-state index contributed by atoms with van der Waals surface area (Å²) in [5, 5.41) is 9.15. The molecule has 1 heteroatoms. The van der Waals surface area contributed by atoms with Gasteiger partial charge in [-0.3, -0.25) is 0 Å². The summed E-state index contributed by atoms with van der Waals surface area (Å²) in [6, 6.07) is 2.50. The van der Waals surface area contributed by atoms with Crippen LogP contribution in [0, 0.1) is 29.1 Å². The molecule has 0 saturated carbocycles. The lowest BCUT2D eigenvalue weighted by atomic mass is 9.81. The zero-order valence-corrected chi connectivity index (χ0v) is 10.2. The Morgan fingerprint density at radius 1 is 1.14 bits per heavy atom. The smallest absolute Gasteiger partial charge is 0.0658 e. The van der Waals surface area contributed by atoms with Crippen molar-refractivity contribution in [3.63, 3.8) is 0 Å². The molecule has 0 amide bonds. The molecule has 1 nitrogen and oxygen atoms in total. The van der Waals surface area contributed by atoms with E-state index in [1.165, 1.54) is 19.3 Å². The Hall–Kier alpha value is -0.510. The van der Waals surface area contributed by atoms with Gasteiger partial charge in [-0.15, -0.1) is 0 Å². The number of nitriles is 1. The number of nitrogens with zero attached hydrogens (tertiary/aromatic N) is 1. The van der Waals surface area contributed by atoms with Crippen LogP contribution < -0.4 is 0 Å². The molecule has 14 heavy (non-hydrogen) atoms. The van der Waals surface area contributed by atoms with E-state index in [9.17, 15) is 0 Å². The van der Waals surface area contributed by atoms with Crippen molar-refractivity contribution in [2.45, 2.75) is 59.8 Å². The third kappa shape index (κ3) is 4.65. The van der Waals surface area contributed by atoms with Crippen LogP contribution in [0.3, 0.4) is 0 Å². The van der Waals surface area contributed by atoms with E-state index in [0.717, 1.165) is 12.8 Å². The van der Waals surface area contributed by atoms with Crippen molar-refractivity contribution in [2.24, 2.45) is 17.8 Å². The van der Waals surface area contributed by atoms with Gasteiger partial charge in [0.2, 0.25) is 0 Å². The van der Waals surface area contributed by atoms with Crippen LogP contribution in [-0.2, 0) is 0 Å². The maximum Gasteiger partial charge on any atom is 0.0658 e. The third-order valence-electron chi connectivity index (χ3n) is 3.27. The van der Waals surface area contributed by atoms with E-state index in [2.05, 4.69) is 33.8 Å². The third-order valence-corrected chi connectivity index (χ3v) is 3.27. The van der Waals surface area contributed by atoms with Crippen LogP contribution in [-0.4, -0.2) is 0 Å². The fourth-order valence-electron chi connectivity index (χ4n) is 2.01. The Morgan fingerprint density at radius 3 is 2.14 bits per heavy atom. The lowest BCUT2D eigenvalue weighted by molar-refractivity contribution is 0.304. The first-order chi connectivity index (χ1) is 6.69. The average molecular weight is 195 g/mol. The fraction of sp³-hybridized carbons (Fsp3) is 0.923. The second-order valence-electron chi connectivity index (χ2n) is 4.44. The van der Waals surface area contributed by atoms with Gasteiger partial charge in [-0.1, -0.05) is 47.0 Å². The second-order valence-corrected chi connectivity index (χ2v) is 4.44. The van der Waals surface area contributed by atoms with Gasteiger partial charge in [0, 0.05) is 5.92 Å². The summed E-state index contributed by atoms with van der Waals surface area (Å²) in [5.74, 6) is 1.61. The van der Waals surface area contributed by atoms with Crippen LogP contribution >= 0.6 is 0 Å². The minimum absolute atomic E-state index is 0.287. The van der Waals surface area contributed by atoms with Crippen molar-refractivity contribution in [2.75, 3.05) is 0 Å². The summed E-state index contributed by atoms with van der Waals surface area (Å²) >= 11 is 0. The molecular weight excluding hydrogens is 170 g/mol. The topological polar surface area (TPSA) is 23.8 Å². The Bertz CT molecular complexity index is 169. The average Bonchev–Trinajstić information content (AvgIpc) is 2.22. The Morgan fingerprint density at radius 2 is 1.79 bits per heavy atom. The zero-order chi connectivity index (χ0) is 11.0. The first kappa shape index (κ1) is 13.5. The molecule has 0 fully saturated rings. The molecule has 0 bridgehead atoms. The highest BCUT2D eigenvalue weighted by Crippen LogP contribution is 2.27. The summed E-state index contributed by atoms with van der Waals surface area (Å²) in [4.78, 5) is 0. The molecule has 3 atom stereocenters. The minimum atomic E-state index is 0.287. The van der Waals surface area contributed by atoms with Crippen LogP contribution in [0.25, 0.3) is 0 Å². The molecule has 3 unspecified atom stereocenters. The number of hydrogen-bond donors (Lipinski definition) is 0. The molecule has 0 N–H and O–H groups in total. The summed E-state index contributed by atoms with van der Waals surface area (Å²) in [6.07, 6.45) is 5.86. The summed E-state index contributed by atoms with van der Waals surface area (Å²) in [7, 11) is 0. The molecule has 0 aromatic rings. The minimum Gasteiger partial charge on any atom is -0.198 e. The van der Waals surface area contributed by atoms with E-state index >= 15 is 0 Å². The molecule has 0 aromatic heterocycles. The zero-order valence-electron chi connectivity index (χ0n) is 10.2. The number of rotatable bonds is 7. The van der Waals surface area contributed by atoms with E-state index in [-0.39, 0.29) is 5.92 Å². The summed E-state index contributed by atoms with van der Waals surface area (Å²) in [6.45, 7) is 8.88. The number of hydrogen-bond acceptors (Lipinski definition) is 1. The van der Waals surface area contributed by atoms with Crippen molar-refractivity contribution >= 4 is 0 Å². The highest BCUT2D eigenvalue weighted by atomic mass is 14.3. The highest BCUT2D eigenvalue weighted by Gasteiger charge is 2.20. The van der Waals surface area contributed by atoms with Gasteiger partial charge in [-0.2, -0.15) is 5.26 Å². The molecule has 0 saturated heterocycles. The van der Waals surface area contributed by atoms with E-state index in [1.807, 2.05) is 0 Å². The maximum absolute atomic E-state index is 9.15. The van der Waals surface area contributed by atoms with Crippen molar-refractivity contribution in [1.82, 2.24) is 0 Å². The van der Waals surface area contributed by atoms with E-state index < -0.39 is 0 Å². The lowest BCUT2D eigenvalue weighted by Gasteiger charge is -2.22. The van der Waals surface area contributed by atoms with Gasteiger partial charge in [0.1, 0.15) is 0 Å². The fourth-order valence-corrected chi connectivity index (χ4v) is 2.01. The first-order valence-electron chi connectivity index (χ1n) is 6.09. The second kappa shape index (κ2) is 7.85. The van der Waals surface area contributed by atoms with Gasteiger partial charge < -0.3 is 0 Å².